The minimum absolute atomic E-state index is 0.129. The molecule has 5 nitrogen and oxygen atoms in total. The summed E-state index contributed by atoms with van der Waals surface area (Å²) >= 11 is 0. The molecule has 0 aromatic heterocycles. The van der Waals surface area contributed by atoms with Crippen molar-refractivity contribution >= 4 is 5.91 Å². The zero-order valence-electron chi connectivity index (χ0n) is 15.1. The summed E-state index contributed by atoms with van der Waals surface area (Å²) in [5, 5.41) is 3.36. The van der Waals surface area contributed by atoms with Crippen molar-refractivity contribution in [1.82, 2.24) is 21.1 Å². The molecule has 1 aromatic carbocycles. The van der Waals surface area contributed by atoms with Crippen LogP contribution in [0.1, 0.15) is 36.3 Å². The zero-order valence-corrected chi connectivity index (χ0v) is 15.1. The normalized spacial score (nSPS) is 29.6. The first kappa shape index (κ1) is 18.7. The molecular formula is C19H25F3N4O. The van der Waals surface area contributed by atoms with Gasteiger partial charge in [-0.3, -0.25) is 10.2 Å². The lowest BCUT2D eigenvalue weighted by Gasteiger charge is -2.35. The standard InChI is InChI=1S/C19H25F3N4O/c20-19(21,22)14-3-1-12(2-4-14)13-6-9-26(10-7-13)18(27)17-15-11-23-8-5-16(15)24-25-17/h1-4,13,15-17,23-25H,5-11H2. The third kappa shape index (κ3) is 3.83. The van der Waals surface area contributed by atoms with Gasteiger partial charge < -0.3 is 10.2 Å². The van der Waals surface area contributed by atoms with E-state index in [0.717, 1.165) is 50.0 Å². The molecule has 3 saturated heterocycles. The Kier molecular flexibility index (Phi) is 5.13. The number of carbonyl (C=O) groups excluding carboxylic acids is 1. The number of benzene rings is 1. The van der Waals surface area contributed by atoms with Crippen LogP contribution in [0.2, 0.25) is 0 Å². The van der Waals surface area contributed by atoms with Crippen molar-refractivity contribution < 1.29 is 18.0 Å². The average molecular weight is 382 g/mol. The first-order valence-electron chi connectivity index (χ1n) is 9.61. The van der Waals surface area contributed by atoms with Gasteiger partial charge in [-0.1, -0.05) is 12.1 Å². The fourth-order valence-electron chi connectivity index (χ4n) is 4.53. The summed E-state index contributed by atoms with van der Waals surface area (Å²) < 4.78 is 38.1. The number of hydrogen-bond acceptors (Lipinski definition) is 4. The Bertz CT molecular complexity index is 671. The third-order valence-corrected chi connectivity index (χ3v) is 6.16. The quantitative estimate of drug-likeness (QED) is 0.731. The minimum Gasteiger partial charge on any atom is -0.341 e. The van der Waals surface area contributed by atoms with Crippen LogP contribution in [0.4, 0.5) is 13.2 Å². The van der Waals surface area contributed by atoms with Gasteiger partial charge in [-0.2, -0.15) is 13.2 Å². The third-order valence-electron chi connectivity index (χ3n) is 6.16. The van der Waals surface area contributed by atoms with Gasteiger partial charge >= 0.3 is 6.18 Å². The lowest BCUT2D eigenvalue weighted by atomic mass is 9.86. The Morgan fingerprint density at radius 3 is 2.41 bits per heavy atom. The maximum atomic E-state index is 12.9. The second-order valence-electron chi connectivity index (χ2n) is 7.75. The molecule has 0 aliphatic carbocycles. The maximum Gasteiger partial charge on any atom is 0.416 e. The molecule has 0 spiro atoms. The highest BCUT2D eigenvalue weighted by Crippen LogP contribution is 2.33. The molecule has 1 amide bonds. The van der Waals surface area contributed by atoms with Crippen LogP contribution in [0.15, 0.2) is 24.3 Å². The first-order valence-corrected chi connectivity index (χ1v) is 9.61. The number of nitrogens with one attached hydrogen (secondary N) is 3. The van der Waals surface area contributed by atoms with E-state index >= 15 is 0 Å². The number of hydrogen-bond donors (Lipinski definition) is 3. The van der Waals surface area contributed by atoms with Gasteiger partial charge in [-0.15, -0.1) is 0 Å². The van der Waals surface area contributed by atoms with E-state index in [1.807, 2.05) is 4.90 Å². The van der Waals surface area contributed by atoms with Crippen LogP contribution in [-0.2, 0) is 11.0 Å². The van der Waals surface area contributed by atoms with Crippen LogP contribution in [0.25, 0.3) is 0 Å². The van der Waals surface area contributed by atoms with Crippen LogP contribution in [0, 0.1) is 5.92 Å². The number of fused-ring (bicyclic) bond motifs is 1. The number of rotatable bonds is 2. The highest BCUT2D eigenvalue weighted by Gasteiger charge is 2.43. The molecule has 148 valence electrons. The van der Waals surface area contributed by atoms with Crippen molar-refractivity contribution in [3.63, 3.8) is 0 Å². The highest BCUT2D eigenvalue weighted by molar-refractivity contribution is 5.82. The van der Waals surface area contributed by atoms with E-state index in [9.17, 15) is 18.0 Å². The fourth-order valence-corrected chi connectivity index (χ4v) is 4.53. The van der Waals surface area contributed by atoms with Gasteiger partial charge in [0.2, 0.25) is 5.91 Å². The first-order chi connectivity index (χ1) is 12.9. The van der Waals surface area contributed by atoms with Gasteiger partial charge in [0.05, 0.1) is 5.56 Å². The van der Waals surface area contributed by atoms with Gasteiger partial charge in [0.1, 0.15) is 6.04 Å². The number of amides is 1. The Labute approximate surface area is 156 Å². The molecular weight excluding hydrogens is 357 g/mol. The zero-order chi connectivity index (χ0) is 19.0. The minimum atomic E-state index is -4.30. The molecule has 3 heterocycles. The molecule has 3 N–H and O–H groups in total. The Morgan fingerprint density at radius 1 is 1.04 bits per heavy atom. The summed E-state index contributed by atoms with van der Waals surface area (Å²) in [7, 11) is 0. The van der Waals surface area contributed by atoms with Crippen molar-refractivity contribution in [3.05, 3.63) is 35.4 Å². The van der Waals surface area contributed by atoms with E-state index in [4.69, 9.17) is 0 Å². The molecule has 0 radical (unpaired) electrons. The monoisotopic (exact) mass is 382 g/mol. The highest BCUT2D eigenvalue weighted by atomic mass is 19.4. The van der Waals surface area contributed by atoms with E-state index in [-0.39, 0.29) is 23.8 Å². The van der Waals surface area contributed by atoms with E-state index in [0.29, 0.717) is 19.1 Å². The molecule has 3 atom stereocenters. The SMILES string of the molecule is O=C(C1NNC2CCNCC21)N1CCC(c2ccc(C(F)(F)F)cc2)CC1. The van der Waals surface area contributed by atoms with E-state index in [1.165, 1.54) is 0 Å². The van der Waals surface area contributed by atoms with Crippen LogP contribution in [0.3, 0.4) is 0 Å². The molecule has 1 aromatic rings. The molecule has 4 rings (SSSR count). The van der Waals surface area contributed by atoms with Crippen molar-refractivity contribution in [2.75, 3.05) is 26.2 Å². The number of hydrazine groups is 1. The second-order valence-corrected chi connectivity index (χ2v) is 7.75. The van der Waals surface area contributed by atoms with Gasteiger partial charge in [-0.25, -0.2) is 5.43 Å². The van der Waals surface area contributed by atoms with Gasteiger partial charge in [0, 0.05) is 31.6 Å². The van der Waals surface area contributed by atoms with Crippen molar-refractivity contribution in [2.45, 2.75) is 43.4 Å². The summed E-state index contributed by atoms with van der Waals surface area (Å²) in [6, 6.07) is 5.58. The van der Waals surface area contributed by atoms with Crippen LogP contribution < -0.4 is 16.2 Å². The van der Waals surface area contributed by atoms with Gasteiger partial charge in [-0.05, 0) is 49.4 Å². The van der Waals surface area contributed by atoms with Gasteiger partial charge in [0.25, 0.3) is 0 Å². The molecule has 0 bridgehead atoms. The number of halogens is 3. The van der Waals surface area contributed by atoms with Crippen molar-refractivity contribution in [3.8, 4) is 0 Å². The summed E-state index contributed by atoms with van der Waals surface area (Å²) in [5.74, 6) is 0.596. The van der Waals surface area contributed by atoms with E-state index < -0.39 is 11.7 Å². The fraction of sp³-hybridized carbons (Fsp3) is 0.632. The Hall–Kier alpha value is -1.64. The van der Waals surface area contributed by atoms with E-state index in [1.54, 1.807) is 12.1 Å². The smallest absolute Gasteiger partial charge is 0.341 e. The summed E-state index contributed by atoms with van der Waals surface area (Å²) in [5.41, 5.74) is 6.73. The molecule has 27 heavy (non-hydrogen) atoms. The summed E-state index contributed by atoms with van der Waals surface area (Å²) in [6.07, 6.45) is -1.73. The number of likely N-dealkylation sites (tertiary alicyclic amines) is 1. The summed E-state index contributed by atoms with van der Waals surface area (Å²) in [6.45, 7) is 3.10. The van der Waals surface area contributed by atoms with Crippen LogP contribution in [0.5, 0.6) is 0 Å². The molecule has 0 saturated carbocycles. The lowest BCUT2D eigenvalue weighted by Crippen LogP contribution is -2.52. The number of carbonyl (C=O) groups is 1. The predicted molar refractivity (Wildman–Crippen MR) is 94.8 cm³/mol. The molecule has 3 aliphatic heterocycles. The number of nitrogens with zero attached hydrogens (tertiary/aromatic N) is 1. The summed E-state index contributed by atoms with van der Waals surface area (Å²) in [4.78, 5) is 14.8. The molecule has 3 aliphatic rings. The lowest BCUT2D eigenvalue weighted by molar-refractivity contribution is -0.138. The van der Waals surface area contributed by atoms with Gasteiger partial charge in [0.15, 0.2) is 0 Å². The number of piperidine rings is 2. The Balaban J connectivity index is 1.34. The van der Waals surface area contributed by atoms with Crippen LogP contribution >= 0.6 is 0 Å². The van der Waals surface area contributed by atoms with E-state index in [2.05, 4.69) is 16.2 Å². The Morgan fingerprint density at radius 2 is 1.74 bits per heavy atom. The molecule has 3 unspecified atom stereocenters. The second kappa shape index (κ2) is 7.41. The maximum absolute atomic E-state index is 12.9. The number of alkyl halides is 3. The van der Waals surface area contributed by atoms with Crippen LogP contribution in [-0.4, -0.2) is 49.1 Å². The van der Waals surface area contributed by atoms with Crippen molar-refractivity contribution in [2.24, 2.45) is 5.92 Å². The van der Waals surface area contributed by atoms with Crippen molar-refractivity contribution in [1.29, 1.82) is 0 Å². The largest absolute Gasteiger partial charge is 0.416 e. The predicted octanol–water partition coefficient (Wildman–Crippen LogP) is 1.87. The topological polar surface area (TPSA) is 56.4 Å². The molecule has 8 heteroatoms. The average Bonchev–Trinajstić information content (AvgIpc) is 3.11. The molecule has 3 fully saturated rings.